The number of hydrogen-bond donors (Lipinski definition) is 1. The standard InChI is InChI=1S/C32H50O5/c1-8-20(33)17-26(34)37-25-18-24-30(5)15-10-14-29(4,9-2)22(30)13-16-31(24,6)23-12-11-21-19(3)36-28(35)27(21)32(23,25)7/h19-20,22-25,33H,8-18H2,1-7H3/t19-,20?,22?,23-,24+,25-,29-,30-,31-,32+/m0/s1. The molecule has 10 atom stereocenters. The minimum absolute atomic E-state index is 0.0102. The Bertz CT molecular complexity index is 986. The molecule has 1 aliphatic heterocycles. The smallest absolute Gasteiger partial charge is 0.335 e. The van der Waals surface area contributed by atoms with Crippen molar-refractivity contribution in [1.29, 1.82) is 0 Å². The summed E-state index contributed by atoms with van der Waals surface area (Å²) in [6.07, 6.45) is 9.42. The van der Waals surface area contributed by atoms with Crippen LogP contribution in [0.2, 0.25) is 0 Å². The highest BCUT2D eigenvalue weighted by molar-refractivity contribution is 5.94. The molecule has 0 bridgehead atoms. The van der Waals surface area contributed by atoms with Crippen LogP contribution >= 0.6 is 0 Å². The van der Waals surface area contributed by atoms with Gasteiger partial charge in [0, 0.05) is 11.0 Å². The predicted molar refractivity (Wildman–Crippen MR) is 143 cm³/mol. The first-order valence-corrected chi connectivity index (χ1v) is 15.2. The zero-order chi connectivity index (χ0) is 27.0. The molecule has 0 aromatic carbocycles. The maximum Gasteiger partial charge on any atom is 0.335 e. The minimum atomic E-state index is -0.692. The van der Waals surface area contributed by atoms with E-state index in [4.69, 9.17) is 9.47 Å². The fraction of sp³-hybridized carbons (Fsp3) is 0.875. The Morgan fingerprint density at radius 3 is 2.43 bits per heavy atom. The lowest BCUT2D eigenvalue weighted by Gasteiger charge is -2.70. The lowest BCUT2D eigenvalue weighted by atomic mass is 9.35. The monoisotopic (exact) mass is 514 g/mol. The molecule has 1 N–H and O–H groups in total. The van der Waals surface area contributed by atoms with Crippen LogP contribution in [0.5, 0.6) is 0 Å². The topological polar surface area (TPSA) is 72.8 Å². The van der Waals surface area contributed by atoms with E-state index in [0.29, 0.717) is 23.7 Å². The molecule has 208 valence electrons. The first kappa shape index (κ1) is 27.2. The Labute approximate surface area is 224 Å². The maximum absolute atomic E-state index is 13.4. The third-order valence-electron chi connectivity index (χ3n) is 12.8. The van der Waals surface area contributed by atoms with Crippen LogP contribution in [0.4, 0.5) is 0 Å². The number of carbonyl (C=O) groups excluding carboxylic acids is 2. The number of fused-ring (bicyclic) bond motifs is 6. The highest BCUT2D eigenvalue weighted by atomic mass is 16.6. The number of carbonyl (C=O) groups is 2. The zero-order valence-corrected chi connectivity index (χ0v) is 24.3. The number of ether oxygens (including phenoxy) is 2. The summed E-state index contributed by atoms with van der Waals surface area (Å²) in [5.74, 6) is 0.831. The van der Waals surface area contributed by atoms with Crippen molar-refractivity contribution >= 4 is 11.9 Å². The molecule has 4 aliphatic carbocycles. The first-order chi connectivity index (χ1) is 17.3. The number of rotatable bonds is 5. The van der Waals surface area contributed by atoms with Crippen LogP contribution in [0.25, 0.3) is 0 Å². The van der Waals surface area contributed by atoms with E-state index in [2.05, 4.69) is 34.6 Å². The van der Waals surface area contributed by atoms with Crippen LogP contribution in [-0.2, 0) is 19.1 Å². The Morgan fingerprint density at radius 2 is 1.76 bits per heavy atom. The molecular formula is C32H50O5. The first-order valence-electron chi connectivity index (χ1n) is 15.2. The minimum Gasteiger partial charge on any atom is -0.461 e. The number of cyclic esters (lactones) is 1. The van der Waals surface area contributed by atoms with Crippen LogP contribution < -0.4 is 0 Å². The van der Waals surface area contributed by atoms with Gasteiger partial charge in [-0.25, -0.2) is 4.79 Å². The van der Waals surface area contributed by atoms with Crippen molar-refractivity contribution in [3.05, 3.63) is 11.1 Å². The molecule has 5 aliphatic rings. The van der Waals surface area contributed by atoms with E-state index in [1.54, 1.807) is 0 Å². The van der Waals surface area contributed by atoms with E-state index in [9.17, 15) is 14.7 Å². The average molecular weight is 515 g/mol. The lowest BCUT2D eigenvalue weighted by molar-refractivity contribution is -0.228. The van der Waals surface area contributed by atoms with Gasteiger partial charge in [-0.1, -0.05) is 54.4 Å². The van der Waals surface area contributed by atoms with Crippen molar-refractivity contribution in [2.75, 3.05) is 0 Å². The molecular weight excluding hydrogens is 464 g/mol. The molecule has 0 spiro atoms. The number of aliphatic hydroxyl groups is 1. The summed E-state index contributed by atoms with van der Waals surface area (Å²) in [7, 11) is 0. The molecule has 3 saturated carbocycles. The van der Waals surface area contributed by atoms with Crippen molar-refractivity contribution in [2.24, 2.45) is 39.4 Å². The Balaban J connectivity index is 1.60. The second-order valence-electron chi connectivity index (χ2n) is 14.3. The zero-order valence-electron chi connectivity index (χ0n) is 24.3. The van der Waals surface area contributed by atoms with Crippen molar-refractivity contribution in [1.82, 2.24) is 0 Å². The van der Waals surface area contributed by atoms with Gasteiger partial charge in [-0.3, -0.25) is 4.79 Å². The fourth-order valence-electron chi connectivity index (χ4n) is 10.7. The molecule has 2 unspecified atom stereocenters. The van der Waals surface area contributed by atoms with Gasteiger partial charge in [0.25, 0.3) is 0 Å². The summed E-state index contributed by atoms with van der Waals surface area (Å²) in [6.45, 7) is 16.0. The number of aliphatic hydroxyl groups excluding tert-OH is 1. The van der Waals surface area contributed by atoms with E-state index in [1.807, 2.05) is 13.8 Å². The van der Waals surface area contributed by atoms with Crippen molar-refractivity contribution in [2.45, 2.75) is 137 Å². The molecule has 0 radical (unpaired) electrons. The Morgan fingerprint density at radius 1 is 1.05 bits per heavy atom. The summed E-state index contributed by atoms with van der Waals surface area (Å²) in [5, 5.41) is 10.2. The molecule has 37 heavy (non-hydrogen) atoms. The van der Waals surface area contributed by atoms with Gasteiger partial charge in [0.05, 0.1) is 12.5 Å². The summed E-state index contributed by atoms with van der Waals surface area (Å²) < 4.78 is 12.2. The summed E-state index contributed by atoms with van der Waals surface area (Å²) in [4.78, 5) is 26.5. The van der Waals surface area contributed by atoms with E-state index in [0.717, 1.165) is 30.4 Å². The van der Waals surface area contributed by atoms with Gasteiger partial charge in [-0.05, 0) is 97.9 Å². The molecule has 3 fully saturated rings. The second kappa shape index (κ2) is 9.10. The van der Waals surface area contributed by atoms with Crippen LogP contribution in [0.1, 0.15) is 119 Å². The summed E-state index contributed by atoms with van der Waals surface area (Å²) in [6, 6.07) is 0. The fourth-order valence-corrected chi connectivity index (χ4v) is 10.7. The molecule has 1 heterocycles. The molecule has 0 amide bonds. The Kier molecular flexibility index (Phi) is 6.69. The highest BCUT2D eigenvalue weighted by Crippen LogP contribution is 2.74. The van der Waals surface area contributed by atoms with Gasteiger partial charge in [-0.2, -0.15) is 0 Å². The molecule has 0 saturated heterocycles. The highest BCUT2D eigenvalue weighted by Gasteiger charge is 2.70. The quantitative estimate of drug-likeness (QED) is 0.410. The normalized spacial score (nSPS) is 47.8. The van der Waals surface area contributed by atoms with Gasteiger partial charge in [0.15, 0.2) is 0 Å². The van der Waals surface area contributed by atoms with Crippen LogP contribution in [0, 0.1) is 39.4 Å². The summed E-state index contributed by atoms with van der Waals surface area (Å²) in [5.41, 5.74) is 2.01. The summed E-state index contributed by atoms with van der Waals surface area (Å²) >= 11 is 0. The van der Waals surface area contributed by atoms with E-state index < -0.39 is 11.5 Å². The van der Waals surface area contributed by atoms with Gasteiger partial charge >= 0.3 is 11.9 Å². The second-order valence-corrected chi connectivity index (χ2v) is 14.3. The molecule has 0 aromatic rings. The van der Waals surface area contributed by atoms with Gasteiger partial charge < -0.3 is 14.6 Å². The SMILES string of the molecule is CCC(O)CC(=O)O[C@H]1C[C@H]2[C@@](C)(CCC3[C@@](C)(CC)CCC[C@@]32C)[C@@H]2CCC3=C(C(=O)O[C@H]3C)[C@@]12C. The van der Waals surface area contributed by atoms with Crippen molar-refractivity contribution in [3.8, 4) is 0 Å². The third-order valence-corrected chi connectivity index (χ3v) is 12.8. The van der Waals surface area contributed by atoms with E-state index in [-0.39, 0.29) is 47.3 Å². The van der Waals surface area contributed by atoms with Crippen molar-refractivity contribution in [3.63, 3.8) is 0 Å². The number of esters is 2. The largest absolute Gasteiger partial charge is 0.461 e. The number of hydrogen-bond acceptors (Lipinski definition) is 5. The molecule has 5 nitrogen and oxygen atoms in total. The van der Waals surface area contributed by atoms with E-state index >= 15 is 0 Å². The van der Waals surface area contributed by atoms with Crippen LogP contribution in [-0.4, -0.2) is 35.4 Å². The van der Waals surface area contributed by atoms with Crippen LogP contribution in [0.15, 0.2) is 11.1 Å². The Hall–Kier alpha value is -1.36. The van der Waals surface area contributed by atoms with Crippen LogP contribution in [0.3, 0.4) is 0 Å². The molecule has 0 aromatic heterocycles. The average Bonchev–Trinajstić information content (AvgIpc) is 3.14. The molecule has 5 heteroatoms. The lowest BCUT2D eigenvalue weighted by Crippen LogP contribution is -2.66. The molecule has 5 rings (SSSR count). The van der Waals surface area contributed by atoms with Gasteiger partial charge in [0.2, 0.25) is 0 Å². The van der Waals surface area contributed by atoms with Gasteiger partial charge in [0.1, 0.15) is 12.2 Å². The maximum atomic E-state index is 13.4. The van der Waals surface area contributed by atoms with E-state index in [1.165, 1.54) is 38.5 Å². The third kappa shape index (κ3) is 3.79. The van der Waals surface area contributed by atoms with Crippen molar-refractivity contribution < 1.29 is 24.2 Å². The van der Waals surface area contributed by atoms with Gasteiger partial charge in [-0.15, -0.1) is 0 Å². The predicted octanol–water partition coefficient (Wildman–Crippen LogP) is 6.76.